The molecule has 0 aliphatic rings. The summed E-state index contributed by atoms with van der Waals surface area (Å²) in [5, 5.41) is 0.845. The minimum atomic E-state index is -2.23. The van der Waals surface area contributed by atoms with Gasteiger partial charge in [0.15, 0.2) is 0 Å². The van der Waals surface area contributed by atoms with Gasteiger partial charge in [-0.05, 0) is 0 Å². The molecule has 11 heavy (non-hydrogen) atoms. The molecule has 0 heterocycles. The molecule has 54 valence electrons. The normalized spacial score (nSPS) is 12.1. The molecule has 0 aliphatic heterocycles. The Morgan fingerprint density at radius 2 is 1.82 bits per heavy atom. The second-order valence-electron chi connectivity index (χ2n) is 1.98. The summed E-state index contributed by atoms with van der Waals surface area (Å²) >= 11 is 0. The van der Waals surface area contributed by atoms with Crippen molar-refractivity contribution in [3.63, 3.8) is 0 Å². The van der Waals surface area contributed by atoms with Crippen LogP contribution in [0.3, 0.4) is 0 Å². The van der Waals surface area contributed by atoms with Crippen molar-refractivity contribution >= 4 is 25.0 Å². The molecule has 0 saturated heterocycles. The van der Waals surface area contributed by atoms with Crippen molar-refractivity contribution in [1.82, 2.24) is 0 Å². The summed E-state index contributed by atoms with van der Waals surface area (Å²) in [5.74, 6) is 0. The van der Waals surface area contributed by atoms with Crippen LogP contribution in [-0.2, 0) is 4.12 Å². The van der Waals surface area contributed by atoms with Crippen molar-refractivity contribution in [3.8, 4) is 0 Å². The molecule has 1 aromatic rings. The fourth-order valence-electron chi connectivity index (χ4n) is 0.746. The van der Waals surface area contributed by atoms with Gasteiger partial charge in [0.25, 0.3) is 0 Å². The molecule has 1 unspecified atom stereocenters. The van der Waals surface area contributed by atoms with Crippen LogP contribution in [0.5, 0.6) is 0 Å². The van der Waals surface area contributed by atoms with Crippen LogP contribution in [0.25, 0.3) is 0 Å². The number of benzene rings is 1. The third-order valence-corrected chi connectivity index (χ3v) is 3.93. The van der Waals surface area contributed by atoms with Gasteiger partial charge in [-0.25, -0.2) is 0 Å². The zero-order valence-corrected chi connectivity index (χ0v) is 13.1. The Morgan fingerprint density at radius 1 is 1.27 bits per heavy atom. The predicted octanol–water partition coefficient (Wildman–Crippen LogP) is -5.22. The first kappa shape index (κ1) is 12.2. The van der Waals surface area contributed by atoms with Crippen LogP contribution in [0.1, 0.15) is 0 Å². The van der Waals surface area contributed by atoms with E-state index in [0.29, 0.717) is 10.5 Å². The summed E-state index contributed by atoms with van der Waals surface area (Å²) < 4.78 is 4.86. The van der Waals surface area contributed by atoms with Crippen LogP contribution in [0.2, 0.25) is 0 Å². The van der Waals surface area contributed by atoms with E-state index in [1.165, 1.54) is 0 Å². The maximum atomic E-state index is 11.0. The second kappa shape index (κ2) is 6.70. The summed E-state index contributed by atoms with van der Waals surface area (Å²) in [4.78, 5) is 11.0. The summed E-state index contributed by atoms with van der Waals surface area (Å²) in [6.45, 7) is 0. The van der Waals surface area contributed by atoms with Gasteiger partial charge in [-0.15, -0.1) is 0 Å². The summed E-state index contributed by atoms with van der Waals surface area (Å²) in [7, 11) is -1.67. The van der Waals surface area contributed by atoms with E-state index in [4.69, 9.17) is 4.12 Å². The maximum absolute atomic E-state index is 11.0. The third kappa shape index (κ3) is 4.11. The quantitative estimate of drug-likeness (QED) is 0.455. The Labute approximate surface area is 114 Å². The van der Waals surface area contributed by atoms with Crippen molar-refractivity contribution in [3.05, 3.63) is 30.3 Å². The standard InChI is InChI=1S/C6H9O2Si2.K/c7-10(8-9)6-4-2-1-3-5-6;/h1-5,10H,9H3;/q-1;+1. The van der Waals surface area contributed by atoms with Crippen LogP contribution < -0.4 is 61.4 Å². The number of hydrogen-bond acceptors (Lipinski definition) is 2. The molecule has 0 amide bonds. The van der Waals surface area contributed by atoms with Crippen LogP contribution in [0.15, 0.2) is 30.3 Å². The summed E-state index contributed by atoms with van der Waals surface area (Å²) in [6, 6.07) is 9.31. The minimum absolute atomic E-state index is 0. The fraction of sp³-hybridized carbons (Fsp3) is 0. The van der Waals surface area contributed by atoms with Crippen molar-refractivity contribution < 1.29 is 60.3 Å². The molecule has 1 aromatic carbocycles. The van der Waals surface area contributed by atoms with Gasteiger partial charge in [0.05, 0.1) is 9.28 Å². The minimum Gasteiger partial charge on any atom is -0.838 e. The second-order valence-corrected chi connectivity index (χ2v) is 5.19. The summed E-state index contributed by atoms with van der Waals surface area (Å²) in [6.07, 6.45) is 0. The van der Waals surface area contributed by atoms with E-state index < -0.39 is 9.28 Å². The number of hydrogen-bond donors (Lipinski definition) is 0. The molecule has 1 atom stereocenters. The molecule has 5 heteroatoms. The first-order valence-electron chi connectivity index (χ1n) is 3.08. The Kier molecular flexibility index (Phi) is 7.43. The molecular formula is C6H9KO2Si2. The topological polar surface area (TPSA) is 32.3 Å². The zero-order chi connectivity index (χ0) is 7.40. The average molecular weight is 208 g/mol. The number of rotatable bonds is 2. The van der Waals surface area contributed by atoms with E-state index in [1.54, 1.807) is 0 Å². The van der Waals surface area contributed by atoms with Crippen LogP contribution in [0, 0.1) is 0 Å². The Balaban J connectivity index is 0.000001000. The van der Waals surface area contributed by atoms with Gasteiger partial charge in [0, 0.05) is 0 Å². The maximum Gasteiger partial charge on any atom is 1.00 e. The van der Waals surface area contributed by atoms with E-state index >= 15 is 0 Å². The van der Waals surface area contributed by atoms with Crippen molar-refractivity contribution in [2.24, 2.45) is 0 Å². The van der Waals surface area contributed by atoms with Crippen LogP contribution >= 0.6 is 0 Å². The van der Waals surface area contributed by atoms with Crippen LogP contribution in [0.4, 0.5) is 0 Å². The van der Waals surface area contributed by atoms with Crippen LogP contribution in [-0.4, -0.2) is 19.8 Å². The van der Waals surface area contributed by atoms with Gasteiger partial charge in [-0.3, -0.25) is 0 Å². The molecule has 0 saturated carbocycles. The van der Waals surface area contributed by atoms with Gasteiger partial charge in [0.2, 0.25) is 0 Å². The molecule has 1 rings (SSSR count). The molecule has 2 nitrogen and oxygen atoms in total. The van der Waals surface area contributed by atoms with Gasteiger partial charge in [-0.1, -0.05) is 35.5 Å². The summed E-state index contributed by atoms with van der Waals surface area (Å²) in [5.41, 5.74) is 0. The Hall–Kier alpha value is 1.21. The smallest absolute Gasteiger partial charge is 0.838 e. The molecular weight excluding hydrogens is 199 g/mol. The molecule has 0 fully saturated rings. The molecule has 0 radical (unpaired) electrons. The predicted molar refractivity (Wildman–Crippen MR) is 44.2 cm³/mol. The van der Waals surface area contributed by atoms with Gasteiger partial charge >= 0.3 is 51.4 Å². The Morgan fingerprint density at radius 3 is 2.27 bits per heavy atom. The fourth-order valence-corrected chi connectivity index (χ4v) is 2.37. The molecule has 0 bridgehead atoms. The van der Waals surface area contributed by atoms with E-state index in [9.17, 15) is 4.80 Å². The molecule has 0 N–H and O–H groups in total. The average Bonchev–Trinajstić information content (AvgIpc) is 2.05. The first-order valence-corrected chi connectivity index (χ1v) is 5.42. The van der Waals surface area contributed by atoms with E-state index in [2.05, 4.69) is 0 Å². The molecule has 0 spiro atoms. The zero-order valence-electron chi connectivity index (χ0n) is 6.78. The van der Waals surface area contributed by atoms with E-state index in [1.807, 2.05) is 30.3 Å². The molecule has 0 aromatic heterocycles. The van der Waals surface area contributed by atoms with Gasteiger partial charge in [0.1, 0.15) is 10.5 Å². The Bertz CT molecular complexity index is 195. The molecule has 0 aliphatic carbocycles. The van der Waals surface area contributed by atoms with Crippen molar-refractivity contribution in [2.45, 2.75) is 0 Å². The van der Waals surface area contributed by atoms with E-state index in [0.717, 1.165) is 5.19 Å². The monoisotopic (exact) mass is 208 g/mol. The first-order chi connectivity index (χ1) is 4.84. The SMILES string of the molecule is [K+].[O-][SiH](O[SiH3])c1ccccc1. The largest absolute Gasteiger partial charge is 1.00 e. The van der Waals surface area contributed by atoms with Crippen molar-refractivity contribution in [1.29, 1.82) is 0 Å². The van der Waals surface area contributed by atoms with Gasteiger partial charge < -0.3 is 8.91 Å². The van der Waals surface area contributed by atoms with Gasteiger partial charge in [-0.2, -0.15) is 0 Å². The third-order valence-electron chi connectivity index (χ3n) is 1.29. The van der Waals surface area contributed by atoms with E-state index in [-0.39, 0.29) is 51.4 Å². The van der Waals surface area contributed by atoms with Crippen molar-refractivity contribution in [2.75, 3.05) is 0 Å².